The molecule has 16 heavy (non-hydrogen) atoms. The molecule has 0 radical (unpaired) electrons. The molecule has 78 valence electrons. The van der Waals surface area contributed by atoms with E-state index >= 15 is 0 Å². The molecule has 2 aromatic rings. The zero-order valence-electron chi connectivity index (χ0n) is 9.35. The monoisotopic (exact) mass is 206 g/mol. The molecule has 2 aromatic carbocycles. The van der Waals surface area contributed by atoms with E-state index in [1.54, 1.807) is 0 Å². The van der Waals surface area contributed by atoms with Gasteiger partial charge in [-0.2, -0.15) is 0 Å². The molecule has 0 spiro atoms. The molecule has 0 bridgehead atoms. The third kappa shape index (κ3) is 1.47. The lowest BCUT2D eigenvalue weighted by molar-refractivity contribution is 1.11. The van der Waals surface area contributed by atoms with Crippen molar-refractivity contribution >= 4 is 11.1 Å². The van der Waals surface area contributed by atoms with E-state index in [2.05, 4.69) is 67.6 Å². The first kappa shape index (κ1) is 9.41. The number of allylic oxidation sites excluding steroid dienone is 2. The average molecular weight is 206 g/mol. The Hall–Kier alpha value is -1.82. The van der Waals surface area contributed by atoms with E-state index in [1.165, 1.54) is 22.3 Å². The van der Waals surface area contributed by atoms with Crippen molar-refractivity contribution in [1.82, 2.24) is 0 Å². The predicted molar refractivity (Wildman–Crippen MR) is 68.9 cm³/mol. The molecule has 0 saturated carbocycles. The van der Waals surface area contributed by atoms with Gasteiger partial charge < -0.3 is 0 Å². The van der Waals surface area contributed by atoms with E-state index in [1.807, 2.05) is 0 Å². The maximum atomic E-state index is 2.28. The van der Waals surface area contributed by atoms with Crippen molar-refractivity contribution in [2.75, 3.05) is 0 Å². The lowest BCUT2D eigenvalue weighted by atomic mass is 10.1. The summed E-state index contributed by atoms with van der Waals surface area (Å²) in [7, 11) is 0. The highest BCUT2D eigenvalue weighted by Crippen LogP contribution is 2.52. The standard InChI is InChI=1S/C16H14/c1-12-15(13-8-4-2-5-9-13)16(12)14-10-6-3-7-11-14/h2-12H,1H3. The van der Waals surface area contributed by atoms with Gasteiger partial charge in [-0.25, -0.2) is 0 Å². The van der Waals surface area contributed by atoms with Crippen LogP contribution in [0.25, 0.3) is 11.1 Å². The average Bonchev–Trinajstić information content (AvgIpc) is 3.03. The van der Waals surface area contributed by atoms with Crippen LogP contribution in [0.2, 0.25) is 0 Å². The highest BCUT2D eigenvalue weighted by Gasteiger charge is 2.33. The van der Waals surface area contributed by atoms with Gasteiger partial charge in [-0.15, -0.1) is 0 Å². The van der Waals surface area contributed by atoms with E-state index in [9.17, 15) is 0 Å². The van der Waals surface area contributed by atoms with Gasteiger partial charge >= 0.3 is 0 Å². The van der Waals surface area contributed by atoms with Crippen molar-refractivity contribution < 1.29 is 0 Å². The summed E-state index contributed by atoms with van der Waals surface area (Å²) < 4.78 is 0. The molecule has 0 saturated heterocycles. The van der Waals surface area contributed by atoms with Crippen LogP contribution >= 0.6 is 0 Å². The fourth-order valence-electron chi connectivity index (χ4n) is 2.38. The molecule has 0 amide bonds. The third-order valence-corrected chi connectivity index (χ3v) is 3.24. The Balaban J connectivity index is 2.02. The second-order valence-corrected chi connectivity index (χ2v) is 4.28. The molecular formula is C16H14. The number of hydrogen-bond acceptors (Lipinski definition) is 0. The maximum absolute atomic E-state index is 2.28. The smallest absolute Gasteiger partial charge is 0.00792 e. The lowest BCUT2D eigenvalue weighted by Gasteiger charge is -1.92. The molecule has 0 aromatic heterocycles. The van der Waals surface area contributed by atoms with Crippen LogP contribution in [-0.2, 0) is 0 Å². The Morgan fingerprint density at radius 2 is 1.00 bits per heavy atom. The van der Waals surface area contributed by atoms with Gasteiger partial charge in [0.05, 0.1) is 0 Å². The first-order chi connectivity index (χ1) is 7.88. The van der Waals surface area contributed by atoms with Gasteiger partial charge in [0, 0.05) is 5.92 Å². The van der Waals surface area contributed by atoms with Gasteiger partial charge in [-0.05, 0) is 22.3 Å². The molecule has 0 fully saturated rings. The minimum atomic E-state index is 0.616. The molecule has 0 heterocycles. The molecular weight excluding hydrogens is 192 g/mol. The fraction of sp³-hybridized carbons (Fsp3) is 0.125. The minimum Gasteiger partial charge on any atom is -0.0622 e. The topological polar surface area (TPSA) is 0 Å². The van der Waals surface area contributed by atoms with Crippen molar-refractivity contribution in [2.24, 2.45) is 5.92 Å². The second-order valence-electron chi connectivity index (χ2n) is 4.28. The van der Waals surface area contributed by atoms with Crippen LogP contribution in [-0.4, -0.2) is 0 Å². The van der Waals surface area contributed by atoms with Gasteiger partial charge in [-0.1, -0.05) is 67.6 Å². The van der Waals surface area contributed by atoms with Crippen molar-refractivity contribution in [1.29, 1.82) is 0 Å². The van der Waals surface area contributed by atoms with Crippen LogP contribution in [0.3, 0.4) is 0 Å². The minimum absolute atomic E-state index is 0.616. The van der Waals surface area contributed by atoms with Gasteiger partial charge in [0.15, 0.2) is 0 Å². The van der Waals surface area contributed by atoms with Crippen LogP contribution in [0, 0.1) is 5.92 Å². The van der Waals surface area contributed by atoms with Crippen molar-refractivity contribution in [3.8, 4) is 0 Å². The highest BCUT2D eigenvalue weighted by atomic mass is 14.4. The quantitative estimate of drug-likeness (QED) is 0.689. The molecule has 3 rings (SSSR count). The Morgan fingerprint density at radius 1 is 0.625 bits per heavy atom. The molecule has 1 aliphatic carbocycles. The van der Waals surface area contributed by atoms with Gasteiger partial charge in [0.25, 0.3) is 0 Å². The lowest BCUT2D eigenvalue weighted by Crippen LogP contribution is -1.75. The van der Waals surface area contributed by atoms with Gasteiger partial charge in [0.1, 0.15) is 0 Å². The van der Waals surface area contributed by atoms with Crippen LogP contribution in [0.4, 0.5) is 0 Å². The van der Waals surface area contributed by atoms with E-state index in [0.29, 0.717) is 5.92 Å². The first-order valence-corrected chi connectivity index (χ1v) is 5.73. The summed E-state index contributed by atoms with van der Waals surface area (Å²) in [4.78, 5) is 0. The Kier molecular flexibility index (Phi) is 2.14. The highest BCUT2D eigenvalue weighted by molar-refractivity contribution is 6.10. The normalized spacial score (nSPS) is 15.3. The molecule has 0 aliphatic heterocycles. The second kappa shape index (κ2) is 3.64. The Labute approximate surface area is 96.3 Å². The van der Waals surface area contributed by atoms with Gasteiger partial charge in [-0.3, -0.25) is 0 Å². The summed E-state index contributed by atoms with van der Waals surface area (Å²) >= 11 is 0. The molecule has 0 nitrogen and oxygen atoms in total. The number of rotatable bonds is 2. The van der Waals surface area contributed by atoms with Crippen LogP contribution < -0.4 is 0 Å². The first-order valence-electron chi connectivity index (χ1n) is 5.73. The van der Waals surface area contributed by atoms with Crippen LogP contribution in [0.5, 0.6) is 0 Å². The Bertz CT molecular complexity index is 471. The summed E-state index contributed by atoms with van der Waals surface area (Å²) in [6, 6.07) is 21.4. The molecule has 0 N–H and O–H groups in total. The third-order valence-electron chi connectivity index (χ3n) is 3.24. The Morgan fingerprint density at radius 3 is 1.38 bits per heavy atom. The molecule has 0 atom stereocenters. The van der Waals surface area contributed by atoms with E-state index in [-0.39, 0.29) is 0 Å². The van der Waals surface area contributed by atoms with Crippen LogP contribution in [0.1, 0.15) is 18.1 Å². The number of benzene rings is 2. The SMILES string of the molecule is CC1C(c2ccccc2)=C1c1ccccc1. The van der Waals surface area contributed by atoms with Crippen molar-refractivity contribution in [2.45, 2.75) is 6.92 Å². The summed E-state index contributed by atoms with van der Waals surface area (Å²) in [6.07, 6.45) is 0. The summed E-state index contributed by atoms with van der Waals surface area (Å²) in [5.41, 5.74) is 5.75. The summed E-state index contributed by atoms with van der Waals surface area (Å²) in [5, 5.41) is 0. The van der Waals surface area contributed by atoms with E-state index < -0.39 is 0 Å². The van der Waals surface area contributed by atoms with Crippen molar-refractivity contribution in [3.63, 3.8) is 0 Å². The van der Waals surface area contributed by atoms with Crippen molar-refractivity contribution in [3.05, 3.63) is 71.8 Å². The van der Waals surface area contributed by atoms with Gasteiger partial charge in [0.2, 0.25) is 0 Å². The largest absolute Gasteiger partial charge is 0.0622 e. The van der Waals surface area contributed by atoms with E-state index in [0.717, 1.165) is 0 Å². The maximum Gasteiger partial charge on any atom is 0.00792 e. The summed E-state index contributed by atoms with van der Waals surface area (Å²) in [5.74, 6) is 0.616. The molecule has 0 heteroatoms. The molecule has 1 aliphatic rings. The zero-order chi connectivity index (χ0) is 11.0. The zero-order valence-corrected chi connectivity index (χ0v) is 9.35. The summed E-state index contributed by atoms with van der Waals surface area (Å²) in [6.45, 7) is 2.28. The predicted octanol–water partition coefficient (Wildman–Crippen LogP) is 4.25. The fourth-order valence-corrected chi connectivity index (χ4v) is 2.38. The van der Waals surface area contributed by atoms with E-state index in [4.69, 9.17) is 0 Å². The number of hydrogen-bond donors (Lipinski definition) is 0. The van der Waals surface area contributed by atoms with Crippen LogP contribution in [0.15, 0.2) is 60.7 Å². The molecule has 0 unspecified atom stereocenters.